The molecular weight excluding hydrogens is 272 g/mol. The minimum absolute atomic E-state index is 0.155. The molecule has 1 aromatic rings. The van der Waals surface area contributed by atoms with Gasteiger partial charge in [0.05, 0.1) is 24.5 Å². The van der Waals surface area contributed by atoms with Crippen LogP contribution in [0.3, 0.4) is 0 Å². The summed E-state index contributed by atoms with van der Waals surface area (Å²) in [4.78, 5) is 13.9. The molecule has 0 radical (unpaired) electrons. The van der Waals surface area contributed by atoms with Crippen molar-refractivity contribution in [2.75, 3.05) is 13.1 Å². The summed E-state index contributed by atoms with van der Waals surface area (Å²) in [6, 6.07) is 1.45. The molecule has 0 aliphatic carbocycles. The van der Waals surface area contributed by atoms with Gasteiger partial charge < -0.3 is 19.5 Å². The molecule has 0 saturated carbocycles. The van der Waals surface area contributed by atoms with Crippen molar-refractivity contribution in [1.29, 1.82) is 0 Å². The molecule has 1 saturated heterocycles. The van der Waals surface area contributed by atoms with Crippen LogP contribution < -0.4 is 5.43 Å². The fraction of sp³-hybridized carbons (Fsp3) is 0.667. The number of nitrogens with zero attached hydrogens (tertiary/aromatic N) is 2. The number of aromatic nitrogens is 1. The van der Waals surface area contributed by atoms with E-state index in [1.807, 2.05) is 13.8 Å². The van der Waals surface area contributed by atoms with Crippen molar-refractivity contribution in [2.24, 2.45) is 0 Å². The number of hydrogen-bond donors (Lipinski definition) is 2. The first-order chi connectivity index (χ1) is 9.85. The first-order valence-corrected chi connectivity index (χ1v) is 7.33. The molecule has 21 heavy (non-hydrogen) atoms. The van der Waals surface area contributed by atoms with Crippen molar-refractivity contribution >= 4 is 0 Å². The van der Waals surface area contributed by atoms with Gasteiger partial charge in [-0.2, -0.15) is 0 Å². The first-order valence-electron chi connectivity index (χ1n) is 7.33. The van der Waals surface area contributed by atoms with Crippen molar-refractivity contribution in [2.45, 2.75) is 52.2 Å². The summed E-state index contributed by atoms with van der Waals surface area (Å²) in [6.45, 7) is 8.28. The zero-order valence-electron chi connectivity index (χ0n) is 12.8. The van der Waals surface area contributed by atoms with Crippen LogP contribution in [0, 0.1) is 0 Å². The van der Waals surface area contributed by atoms with Crippen LogP contribution in [-0.2, 0) is 17.8 Å². The predicted octanol–water partition coefficient (Wildman–Crippen LogP) is 0.544. The number of morpholine rings is 1. The van der Waals surface area contributed by atoms with E-state index in [1.165, 1.54) is 12.3 Å². The highest BCUT2D eigenvalue weighted by Gasteiger charge is 2.23. The van der Waals surface area contributed by atoms with Crippen LogP contribution >= 0.6 is 0 Å². The summed E-state index contributed by atoms with van der Waals surface area (Å²) in [7, 11) is 0. The average Bonchev–Trinajstić information content (AvgIpc) is 2.33. The molecule has 6 heteroatoms. The van der Waals surface area contributed by atoms with Gasteiger partial charge in [0.25, 0.3) is 0 Å². The Balaban J connectivity index is 2.21. The van der Waals surface area contributed by atoms with E-state index in [9.17, 15) is 15.0 Å². The topological polar surface area (TPSA) is 74.9 Å². The average molecular weight is 296 g/mol. The monoisotopic (exact) mass is 296 g/mol. The van der Waals surface area contributed by atoms with E-state index < -0.39 is 6.10 Å². The Morgan fingerprint density at radius 1 is 1.38 bits per heavy atom. The van der Waals surface area contributed by atoms with Crippen LogP contribution in [0.15, 0.2) is 17.1 Å². The highest BCUT2D eigenvalue weighted by Crippen LogP contribution is 2.15. The van der Waals surface area contributed by atoms with Gasteiger partial charge in [-0.15, -0.1) is 0 Å². The minimum atomic E-state index is -0.548. The Morgan fingerprint density at radius 2 is 2.00 bits per heavy atom. The molecule has 3 atom stereocenters. The summed E-state index contributed by atoms with van der Waals surface area (Å²) in [5, 5.41) is 19.1. The van der Waals surface area contributed by atoms with Crippen molar-refractivity contribution in [3.05, 3.63) is 28.2 Å². The van der Waals surface area contributed by atoms with Crippen LogP contribution in [0.1, 0.15) is 26.5 Å². The second kappa shape index (κ2) is 6.60. The normalized spacial score (nSPS) is 25.0. The van der Waals surface area contributed by atoms with Gasteiger partial charge in [0.2, 0.25) is 5.43 Å². The lowest BCUT2D eigenvalue weighted by Gasteiger charge is -2.35. The van der Waals surface area contributed by atoms with Gasteiger partial charge in [0, 0.05) is 37.9 Å². The Kier molecular flexibility index (Phi) is 5.03. The maximum Gasteiger partial charge on any atom is 0.223 e. The molecule has 2 N–H and O–H groups in total. The largest absolute Gasteiger partial charge is 0.503 e. The lowest BCUT2D eigenvalue weighted by atomic mass is 10.2. The lowest BCUT2D eigenvalue weighted by Crippen LogP contribution is -2.45. The smallest absolute Gasteiger partial charge is 0.223 e. The third kappa shape index (κ3) is 4.30. The number of aromatic hydroxyl groups is 1. The summed E-state index contributed by atoms with van der Waals surface area (Å²) >= 11 is 0. The fourth-order valence-electron chi connectivity index (χ4n) is 2.84. The Labute approximate surface area is 124 Å². The van der Waals surface area contributed by atoms with Crippen molar-refractivity contribution < 1.29 is 14.9 Å². The number of rotatable bonds is 4. The molecule has 6 nitrogen and oxygen atoms in total. The summed E-state index contributed by atoms with van der Waals surface area (Å²) < 4.78 is 7.44. The minimum Gasteiger partial charge on any atom is -0.503 e. The van der Waals surface area contributed by atoms with Crippen LogP contribution in [0.5, 0.6) is 5.75 Å². The van der Waals surface area contributed by atoms with Crippen molar-refractivity contribution in [3.8, 4) is 5.75 Å². The number of aliphatic hydroxyl groups excluding tert-OH is 1. The second-order valence-electron chi connectivity index (χ2n) is 5.97. The van der Waals surface area contributed by atoms with E-state index in [2.05, 4.69) is 4.90 Å². The van der Waals surface area contributed by atoms with Gasteiger partial charge in [-0.05, 0) is 20.8 Å². The lowest BCUT2D eigenvalue weighted by molar-refractivity contribution is -0.0711. The third-order valence-corrected chi connectivity index (χ3v) is 3.54. The first kappa shape index (κ1) is 16.0. The quantitative estimate of drug-likeness (QED) is 0.848. The number of ether oxygens (including phenoxy) is 1. The van der Waals surface area contributed by atoms with Crippen molar-refractivity contribution in [1.82, 2.24) is 9.47 Å². The summed E-state index contributed by atoms with van der Waals surface area (Å²) in [6.07, 6.45) is 1.16. The summed E-state index contributed by atoms with van der Waals surface area (Å²) in [5.74, 6) is -0.289. The van der Waals surface area contributed by atoms with E-state index in [-0.39, 0.29) is 23.4 Å². The van der Waals surface area contributed by atoms with E-state index in [4.69, 9.17) is 4.74 Å². The Hall–Kier alpha value is -1.37. The molecule has 1 aliphatic rings. The SMILES string of the molecule is CC(O)Cn1cc(O)c(=O)cc1CN1CC(C)OC(C)C1. The molecule has 1 aliphatic heterocycles. The molecule has 1 aromatic heterocycles. The highest BCUT2D eigenvalue weighted by atomic mass is 16.5. The Morgan fingerprint density at radius 3 is 2.57 bits per heavy atom. The molecular formula is C15H24N2O4. The van der Waals surface area contributed by atoms with E-state index in [0.29, 0.717) is 13.1 Å². The molecule has 0 amide bonds. The van der Waals surface area contributed by atoms with Gasteiger partial charge in [-0.1, -0.05) is 0 Å². The molecule has 1 fully saturated rings. The maximum absolute atomic E-state index is 11.7. The zero-order chi connectivity index (χ0) is 15.6. The molecule has 0 aromatic carbocycles. The predicted molar refractivity (Wildman–Crippen MR) is 79.3 cm³/mol. The van der Waals surface area contributed by atoms with Crippen molar-refractivity contribution in [3.63, 3.8) is 0 Å². The fourth-order valence-corrected chi connectivity index (χ4v) is 2.84. The highest BCUT2D eigenvalue weighted by molar-refractivity contribution is 5.20. The van der Waals surface area contributed by atoms with Crippen LogP contribution in [0.25, 0.3) is 0 Å². The van der Waals surface area contributed by atoms with Gasteiger partial charge in [-0.3, -0.25) is 9.69 Å². The molecule has 118 valence electrons. The number of aliphatic hydroxyl groups is 1. The molecule has 0 bridgehead atoms. The third-order valence-electron chi connectivity index (χ3n) is 3.54. The van der Waals surface area contributed by atoms with Crippen LogP contribution in [0.2, 0.25) is 0 Å². The maximum atomic E-state index is 11.7. The van der Waals surface area contributed by atoms with Gasteiger partial charge >= 0.3 is 0 Å². The zero-order valence-corrected chi connectivity index (χ0v) is 12.8. The molecule has 0 spiro atoms. The second-order valence-corrected chi connectivity index (χ2v) is 5.97. The van der Waals surface area contributed by atoms with Crippen LogP contribution in [-0.4, -0.2) is 51.1 Å². The van der Waals surface area contributed by atoms with Gasteiger partial charge in [-0.25, -0.2) is 0 Å². The molecule has 3 unspecified atom stereocenters. The number of pyridine rings is 1. The van der Waals surface area contributed by atoms with E-state index in [0.717, 1.165) is 18.8 Å². The summed E-state index contributed by atoms with van der Waals surface area (Å²) in [5.41, 5.74) is 0.404. The van der Waals surface area contributed by atoms with Crippen LogP contribution in [0.4, 0.5) is 0 Å². The molecule has 2 rings (SSSR count). The van der Waals surface area contributed by atoms with Gasteiger partial charge in [0.1, 0.15) is 0 Å². The Bertz CT molecular complexity index is 531. The van der Waals surface area contributed by atoms with E-state index >= 15 is 0 Å². The van der Waals surface area contributed by atoms with E-state index in [1.54, 1.807) is 11.5 Å². The van der Waals surface area contributed by atoms with Gasteiger partial charge in [0.15, 0.2) is 5.75 Å². The number of hydrogen-bond acceptors (Lipinski definition) is 5. The standard InChI is InChI=1S/C15H24N2O4/c1-10(18)5-17-9-15(20)14(19)4-13(17)8-16-6-11(2)21-12(3)7-16/h4,9-12,18,20H,5-8H2,1-3H3. The molecule has 2 heterocycles.